The Labute approximate surface area is 169 Å². The van der Waals surface area contributed by atoms with E-state index >= 15 is 0 Å². The lowest BCUT2D eigenvalue weighted by Crippen LogP contribution is -2.03. The van der Waals surface area contributed by atoms with Crippen molar-refractivity contribution in [2.75, 3.05) is 5.73 Å². The van der Waals surface area contributed by atoms with E-state index < -0.39 is 0 Å². The summed E-state index contributed by atoms with van der Waals surface area (Å²) in [6.07, 6.45) is 6.78. The molecule has 2 N–H and O–H groups in total. The van der Waals surface area contributed by atoms with Gasteiger partial charge in [0.05, 0.1) is 22.4 Å². The van der Waals surface area contributed by atoms with Crippen LogP contribution in [0.2, 0.25) is 0 Å². The minimum absolute atomic E-state index is 0.658. The lowest BCUT2D eigenvalue weighted by Gasteiger charge is -2.19. The van der Waals surface area contributed by atoms with Crippen LogP contribution < -0.4 is 5.73 Å². The molecule has 0 amide bonds. The summed E-state index contributed by atoms with van der Waals surface area (Å²) < 4.78 is 0. The third kappa shape index (κ3) is 2.58. The minimum atomic E-state index is 0.658. The lowest BCUT2D eigenvalue weighted by molar-refractivity contribution is 0.690. The fourth-order valence-corrected chi connectivity index (χ4v) is 4.79. The molecule has 3 heteroatoms. The molecular weight excluding hydrogens is 354 g/mol. The van der Waals surface area contributed by atoms with Crippen molar-refractivity contribution in [2.24, 2.45) is 0 Å². The summed E-state index contributed by atoms with van der Waals surface area (Å²) in [6, 6.07) is 21.5. The van der Waals surface area contributed by atoms with E-state index in [1.807, 2.05) is 18.2 Å². The quantitative estimate of drug-likeness (QED) is 0.362. The molecule has 0 saturated heterocycles. The van der Waals surface area contributed by atoms with E-state index in [1.54, 1.807) is 11.8 Å². The first-order valence-electron chi connectivity index (χ1n) is 10.3. The summed E-state index contributed by atoms with van der Waals surface area (Å²) in [6.45, 7) is 0. The third-order valence-corrected chi connectivity index (χ3v) is 6.24. The summed E-state index contributed by atoms with van der Waals surface area (Å²) in [5, 5.41) is 5.27. The standard InChI is InChI=1S/C26H21N3/c27-23-15-25-24(6-3-13-28-25)29-26(23)18-9-10-20-17(14-18)8-12-21-19-5-2-1-4-16(19)7-11-22(20)21/h3,6-15H,1-2,4-5,27H2. The van der Waals surface area contributed by atoms with Gasteiger partial charge in [-0.25, -0.2) is 4.98 Å². The maximum Gasteiger partial charge on any atom is 0.0940 e. The van der Waals surface area contributed by atoms with Gasteiger partial charge in [0.25, 0.3) is 0 Å². The number of pyridine rings is 2. The molecule has 140 valence electrons. The zero-order valence-electron chi connectivity index (χ0n) is 16.2. The van der Waals surface area contributed by atoms with E-state index in [9.17, 15) is 0 Å². The summed E-state index contributed by atoms with van der Waals surface area (Å²) in [5.74, 6) is 0. The second kappa shape index (κ2) is 6.28. The average Bonchev–Trinajstić information content (AvgIpc) is 2.77. The number of rotatable bonds is 1. The lowest BCUT2D eigenvalue weighted by atomic mass is 9.86. The van der Waals surface area contributed by atoms with Crippen molar-refractivity contribution in [3.05, 3.63) is 78.0 Å². The Morgan fingerprint density at radius 3 is 2.59 bits per heavy atom. The monoisotopic (exact) mass is 375 g/mol. The molecule has 2 heterocycles. The molecule has 0 fully saturated rings. The van der Waals surface area contributed by atoms with Crippen molar-refractivity contribution in [3.8, 4) is 11.3 Å². The van der Waals surface area contributed by atoms with Crippen LogP contribution in [-0.4, -0.2) is 9.97 Å². The fraction of sp³-hybridized carbons (Fsp3) is 0.154. The van der Waals surface area contributed by atoms with Crippen LogP contribution in [0.25, 0.3) is 43.8 Å². The number of nitrogens with zero attached hydrogens (tertiary/aromatic N) is 2. The van der Waals surface area contributed by atoms with Crippen LogP contribution in [0, 0.1) is 0 Å². The molecule has 0 unspecified atom stereocenters. The molecule has 2 aromatic heterocycles. The highest BCUT2D eigenvalue weighted by atomic mass is 14.8. The first-order chi connectivity index (χ1) is 14.3. The molecule has 0 spiro atoms. The van der Waals surface area contributed by atoms with Crippen molar-refractivity contribution in [1.29, 1.82) is 0 Å². The van der Waals surface area contributed by atoms with Gasteiger partial charge in [0, 0.05) is 11.8 Å². The van der Waals surface area contributed by atoms with E-state index in [2.05, 4.69) is 47.4 Å². The first-order valence-corrected chi connectivity index (χ1v) is 10.3. The number of aryl methyl sites for hydroxylation is 2. The van der Waals surface area contributed by atoms with Crippen molar-refractivity contribution in [1.82, 2.24) is 9.97 Å². The Morgan fingerprint density at radius 2 is 1.62 bits per heavy atom. The number of anilines is 1. The molecule has 3 aromatic carbocycles. The Balaban J connectivity index is 1.55. The second-order valence-corrected chi connectivity index (χ2v) is 7.97. The van der Waals surface area contributed by atoms with Crippen LogP contribution in [0.3, 0.4) is 0 Å². The molecule has 1 aliphatic carbocycles. The van der Waals surface area contributed by atoms with Gasteiger partial charge in [-0.05, 0) is 82.6 Å². The Hall–Kier alpha value is -3.46. The predicted molar refractivity (Wildman–Crippen MR) is 121 cm³/mol. The summed E-state index contributed by atoms with van der Waals surface area (Å²) in [7, 11) is 0. The Bertz CT molecular complexity index is 1420. The smallest absolute Gasteiger partial charge is 0.0940 e. The SMILES string of the molecule is Nc1cc2ncccc2nc1-c1ccc2c(ccc3c4c(ccc32)CCCC4)c1. The van der Waals surface area contributed by atoms with Gasteiger partial charge < -0.3 is 5.73 Å². The number of benzene rings is 3. The Morgan fingerprint density at radius 1 is 0.759 bits per heavy atom. The molecule has 0 aliphatic heterocycles. The van der Waals surface area contributed by atoms with Gasteiger partial charge in [-0.15, -0.1) is 0 Å². The molecule has 0 atom stereocenters. The zero-order chi connectivity index (χ0) is 19.4. The second-order valence-electron chi connectivity index (χ2n) is 7.97. The van der Waals surface area contributed by atoms with E-state index in [0.717, 1.165) is 22.3 Å². The third-order valence-electron chi connectivity index (χ3n) is 6.24. The van der Waals surface area contributed by atoms with Crippen LogP contribution >= 0.6 is 0 Å². The van der Waals surface area contributed by atoms with Crippen molar-refractivity contribution < 1.29 is 0 Å². The van der Waals surface area contributed by atoms with Gasteiger partial charge in [0.2, 0.25) is 0 Å². The molecule has 3 nitrogen and oxygen atoms in total. The highest BCUT2D eigenvalue weighted by Gasteiger charge is 2.14. The van der Waals surface area contributed by atoms with Gasteiger partial charge in [-0.1, -0.05) is 36.4 Å². The number of hydrogen-bond donors (Lipinski definition) is 1. The van der Waals surface area contributed by atoms with Crippen molar-refractivity contribution in [2.45, 2.75) is 25.7 Å². The van der Waals surface area contributed by atoms with E-state index in [0.29, 0.717) is 5.69 Å². The molecule has 29 heavy (non-hydrogen) atoms. The number of nitrogen functional groups attached to an aromatic ring is 1. The van der Waals surface area contributed by atoms with E-state index in [1.165, 1.54) is 52.8 Å². The van der Waals surface area contributed by atoms with E-state index in [-0.39, 0.29) is 0 Å². The van der Waals surface area contributed by atoms with Crippen LogP contribution in [-0.2, 0) is 12.8 Å². The maximum absolute atomic E-state index is 6.33. The summed E-state index contributed by atoms with van der Waals surface area (Å²) in [5.41, 5.74) is 13.6. The molecule has 6 rings (SSSR count). The van der Waals surface area contributed by atoms with Crippen molar-refractivity contribution in [3.63, 3.8) is 0 Å². The maximum atomic E-state index is 6.33. The fourth-order valence-electron chi connectivity index (χ4n) is 4.79. The molecular formula is C26H21N3. The molecule has 0 saturated carbocycles. The van der Waals surface area contributed by atoms with Crippen molar-refractivity contribution >= 4 is 38.3 Å². The topological polar surface area (TPSA) is 51.8 Å². The number of aromatic nitrogens is 2. The average molecular weight is 375 g/mol. The first kappa shape index (κ1) is 16.5. The van der Waals surface area contributed by atoms with Crippen LogP contribution in [0.15, 0.2) is 66.9 Å². The van der Waals surface area contributed by atoms with Crippen LogP contribution in [0.4, 0.5) is 5.69 Å². The number of hydrogen-bond acceptors (Lipinski definition) is 3. The summed E-state index contributed by atoms with van der Waals surface area (Å²) >= 11 is 0. The molecule has 5 aromatic rings. The zero-order valence-corrected chi connectivity index (χ0v) is 16.2. The van der Waals surface area contributed by atoms with Gasteiger partial charge in [-0.2, -0.15) is 0 Å². The van der Waals surface area contributed by atoms with Gasteiger partial charge >= 0.3 is 0 Å². The minimum Gasteiger partial charge on any atom is -0.397 e. The molecule has 0 radical (unpaired) electrons. The molecule has 0 bridgehead atoms. The van der Waals surface area contributed by atoms with Gasteiger partial charge in [0.1, 0.15) is 0 Å². The van der Waals surface area contributed by atoms with E-state index in [4.69, 9.17) is 10.7 Å². The summed E-state index contributed by atoms with van der Waals surface area (Å²) in [4.78, 5) is 9.14. The predicted octanol–water partition coefficient (Wildman–Crippen LogP) is 6.06. The number of fused-ring (bicyclic) bond motifs is 6. The van der Waals surface area contributed by atoms with Crippen LogP contribution in [0.1, 0.15) is 24.0 Å². The highest BCUT2D eigenvalue weighted by Crippen LogP contribution is 2.35. The van der Waals surface area contributed by atoms with Gasteiger partial charge in [-0.3, -0.25) is 4.98 Å². The van der Waals surface area contributed by atoms with Crippen LogP contribution in [0.5, 0.6) is 0 Å². The largest absolute Gasteiger partial charge is 0.397 e. The number of nitrogens with two attached hydrogens (primary N) is 1. The normalized spacial score (nSPS) is 13.8. The molecule has 1 aliphatic rings. The van der Waals surface area contributed by atoms with Gasteiger partial charge in [0.15, 0.2) is 0 Å². The highest BCUT2D eigenvalue weighted by molar-refractivity contribution is 6.10. The Kier molecular flexibility index (Phi) is 3.57.